The van der Waals surface area contributed by atoms with Crippen molar-refractivity contribution in [2.45, 2.75) is 53.5 Å². The molecule has 2 rings (SSSR count). The lowest BCUT2D eigenvalue weighted by Crippen LogP contribution is -2.29. The Balaban J connectivity index is 0.000000581. The van der Waals surface area contributed by atoms with E-state index < -0.39 is 0 Å². The number of nitrogens with zero attached hydrogens (tertiary/aromatic N) is 2. The zero-order chi connectivity index (χ0) is 13.3. The van der Waals surface area contributed by atoms with Crippen molar-refractivity contribution in [1.29, 1.82) is 0 Å². The van der Waals surface area contributed by atoms with Crippen molar-refractivity contribution in [3.63, 3.8) is 0 Å². The van der Waals surface area contributed by atoms with Crippen LogP contribution in [0.4, 0.5) is 0 Å². The van der Waals surface area contributed by atoms with Crippen LogP contribution < -0.4 is 5.32 Å². The lowest BCUT2D eigenvalue weighted by molar-refractivity contribution is 0.343. The molecule has 100 valence electrons. The molecule has 4 heteroatoms. The predicted molar refractivity (Wildman–Crippen MR) is 75.8 cm³/mol. The number of hydrogen-bond acceptors (Lipinski definition) is 2. The van der Waals surface area contributed by atoms with Crippen molar-refractivity contribution >= 4 is 11.6 Å². The molecular weight excluding hydrogens is 234 g/mol. The average molecular weight is 260 g/mol. The minimum atomic E-state index is 0.535. The highest BCUT2D eigenvalue weighted by Gasteiger charge is 2.16. The third kappa shape index (κ3) is 5.09. The van der Waals surface area contributed by atoms with E-state index in [-0.39, 0.29) is 0 Å². The first-order valence-electron chi connectivity index (χ1n) is 6.69. The number of hydrogen-bond donors (Lipinski definition) is 1. The molecule has 0 saturated carbocycles. The first-order chi connectivity index (χ1) is 8.27. The highest BCUT2D eigenvalue weighted by Crippen LogP contribution is 2.21. The molecule has 17 heavy (non-hydrogen) atoms. The van der Waals surface area contributed by atoms with Crippen molar-refractivity contribution in [3.05, 3.63) is 16.9 Å². The van der Waals surface area contributed by atoms with Crippen LogP contribution in [0.2, 0.25) is 5.15 Å². The summed E-state index contributed by atoms with van der Waals surface area (Å²) in [6.45, 7) is 12.2. The molecule has 1 fully saturated rings. The van der Waals surface area contributed by atoms with Gasteiger partial charge in [0.2, 0.25) is 0 Å². The second kappa shape index (κ2) is 9.49. The van der Waals surface area contributed by atoms with Crippen LogP contribution in [0.3, 0.4) is 0 Å². The summed E-state index contributed by atoms with van der Waals surface area (Å²) in [6.07, 6.45) is 4.34. The molecule has 1 saturated heterocycles. The Labute approximate surface area is 111 Å². The molecule has 0 spiro atoms. The van der Waals surface area contributed by atoms with Gasteiger partial charge in [0.1, 0.15) is 0 Å². The maximum atomic E-state index is 5.90. The van der Waals surface area contributed by atoms with Crippen molar-refractivity contribution in [1.82, 2.24) is 15.1 Å². The molecule has 1 aliphatic rings. The first kappa shape index (κ1) is 16.5. The Bertz CT molecular complexity index is 271. The zero-order valence-corrected chi connectivity index (χ0v) is 12.5. The van der Waals surface area contributed by atoms with Gasteiger partial charge in [0.15, 0.2) is 5.15 Å². The van der Waals surface area contributed by atoms with Crippen molar-refractivity contribution in [2.75, 3.05) is 13.1 Å². The number of halogens is 1. The van der Waals surface area contributed by atoms with Crippen molar-refractivity contribution in [2.24, 2.45) is 0 Å². The Kier molecular flexibility index (Phi) is 9.18. The van der Waals surface area contributed by atoms with E-state index in [2.05, 4.69) is 10.4 Å². The molecule has 3 nitrogen and oxygen atoms in total. The largest absolute Gasteiger partial charge is 0.317 e. The third-order valence-corrected chi connectivity index (χ3v) is 2.91. The van der Waals surface area contributed by atoms with Crippen molar-refractivity contribution in [3.8, 4) is 0 Å². The summed E-state index contributed by atoms with van der Waals surface area (Å²) >= 11 is 5.90. The van der Waals surface area contributed by atoms with E-state index in [1.807, 2.05) is 45.5 Å². The summed E-state index contributed by atoms with van der Waals surface area (Å²) in [5.41, 5.74) is 1.07. The maximum absolute atomic E-state index is 5.90. The molecule has 0 radical (unpaired) electrons. The molecule has 0 aliphatic carbocycles. The number of rotatable bonds is 1. The van der Waals surface area contributed by atoms with Crippen LogP contribution >= 0.6 is 11.6 Å². The Morgan fingerprint density at radius 2 is 1.76 bits per heavy atom. The van der Waals surface area contributed by atoms with Gasteiger partial charge >= 0.3 is 0 Å². The fourth-order valence-electron chi connectivity index (χ4n) is 1.72. The van der Waals surface area contributed by atoms with Crippen LogP contribution in [0.5, 0.6) is 0 Å². The quantitative estimate of drug-likeness (QED) is 0.831. The predicted octanol–water partition coefficient (Wildman–Crippen LogP) is 3.82. The minimum absolute atomic E-state index is 0.535. The fraction of sp³-hybridized carbons (Fsp3) is 0.769. The van der Waals surface area contributed by atoms with Gasteiger partial charge in [0.25, 0.3) is 0 Å². The normalized spacial score (nSPS) is 15.4. The average Bonchev–Trinajstić information content (AvgIpc) is 2.76. The molecule has 1 N–H and O–H groups in total. The number of aromatic nitrogens is 2. The first-order valence-corrected chi connectivity index (χ1v) is 7.07. The Morgan fingerprint density at radius 1 is 1.24 bits per heavy atom. The summed E-state index contributed by atoms with van der Waals surface area (Å²) in [7, 11) is 0. The molecule has 1 aromatic heterocycles. The van der Waals surface area contributed by atoms with Gasteiger partial charge in [-0.2, -0.15) is 5.10 Å². The minimum Gasteiger partial charge on any atom is -0.317 e. The molecule has 0 amide bonds. The van der Waals surface area contributed by atoms with Crippen LogP contribution in [0.15, 0.2) is 6.20 Å². The van der Waals surface area contributed by atoms with E-state index in [0.717, 1.165) is 31.5 Å². The molecular formula is C13H26ClN3. The fourth-order valence-corrected chi connectivity index (χ4v) is 1.86. The van der Waals surface area contributed by atoms with E-state index >= 15 is 0 Å². The van der Waals surface area contributed by atoms with Gasteiger partial charge in [-0.1, -0.05) is 39.3 Å². The second-order valence-corrected chi connectivity index (χ2v) is 3.92. The maximum Gasteiger partial charge on any atom is 0.153 e. The van der Waals surface area contributed by atoms with Gasteiger partial charge in [0, 0.05) is 11.8 Å². The summed E-state index contributed by atoms with van der Waals surface area (Å²) < 4.78 is 2.01. The van der Waals surface area contributed by atoms with E-state index in [0.29, 0.717) is 11.2 Å². The van der Waals surface area contributed by atoms with E-state index in [1.54, 1.807) is 0 Å². The van der Waals surface area contributed by atoms with Crippen LogP contribution in [-0.2, 0) is 0 Å². The van der Waals surface area contributed by atoms with E-state index in [9.17, 15) is 0 Å². The monoisotopic (exact) mass is 259 g/mol. The van der Waals surface area contributed by atoms with Gasteiger partial charge in [-0.05, 0) is 32.9 Å². The number of piperidine rings is 1. The van der Waals surface area contributed by atoms with Gasteiger partial charge < -0.3 is 5.32 Å². The molecule has 0 atom stereocenters. The van der Waals surface area contributed by atoms with Crippen LogP contribution in [0.25, 0.3) is 0 Å². The third-order valence-electron chi connectivity index (χ3n) is 2.54. The summed E-state index contributed by atoms with van der Waals surface area (Å²) in [6, 6.07) is 0.535. The molecule has 0 bridgehead atoms. The van der Waals surface area contributed by atoms with Crippen LogP contribution in [-0.4, -0.2) is 22.9 Å². The van der Waals surface area contributed by atoms with Crippen LogP contribution in [0.1, 0.15) is 52.1 Å². The Morgan fingerprint density at radius 3 is 2.18 bits per heavy atom. The number of nitrogens with one attached hydrogen (secondary N) is 1. The SMILES string of the molecule is CC.CC.Cc1cn(C2CCNCC2)nc1Cl. The van der Waals surface area contributed by atoms with Gasteiger partial charge in [0.05, 0.1) is 6.04 Å². The van der Waals surface area contributed by atoms with E-state index in [1.165, 1.54) is 0 Å². The van der Waals surface area contributed by atoms with Gasteiger partial charge in [-0.15, -0.1) is 0 Å². The molecule has 0 aromatic carbocycles. The smallest absolute Gasteiger partial charge is 0.153 e. The summed E-state index contributed by atoms with van der Waals surface area (Å²) in [4.78, 5) is 0. The zero-order valence-electron chi connectivity index (χ0n) is 11.8. The van der Waals surface area contributed by atoms with Crippen molar-refractivity contribution < 1.29 is 0 Å². The lowest BCUT2D eigenvalue weighted by atomic mass is 10.1. The molecule has 0 unspecified atom stereocenters. The molecule has 1 aromatic rings. The highest BCUT2D eigenvalue weighted by atomic mass is 35.5. The summed E-state index contributed by atoms with van der Waals surface area (Å²) in [5, 5.41) is 8.26. The Hall–Kier alpha value is -0.540. The van der Waals surface area contributed by atoms with E-state index in [4.69, 9.17) is 11.6 Å². The second-order valence-electron chi connectivity index (χ2n) is 3.56. The standard InChI is InChI=1S/C9H14ClN3.2C2H6/c1-7-6-13(12-9(7)10)8-2-4-11-5-3-8;2*1-2/h6,8,11H,2-5H2,1H3;2*1-2H3. The topological polar surface area (TPSA) is 29.9 Å². The molecule has 1 aliphatic heterocycles. The highest BCUT2D eigenvalue weighted by molar-refractivity contribution is 6.30. The summed E-state index contributed by atoms with van der Waals surface area (Å²) in [5.74, 6) is 0. The molecule has 2 heterocycles. The lowest BCUT2D eigenvalue weighted by Gasteiger charge is -2.22. The van der Waals surface area contributed by atoms with Crippen LogP contribution in [0, 0.1) is 6.92 Å². The number of aryl methyl sites for hydroxylation is 1. The van der Waals surface area contributed by atoms with Gasteiger partial charge in [-0.3, -0.25) is 4.68 Å². The van der Waals surface area contributed by atoms with Gasteiger partial charge in [-0.25, -0.2) is 0 Å².